The molecule has 0 aliphatic rings. The van der Waals surface area contributed by atoms with Crippen molar-refractivity contribution in [1.29, 1.82) is 5.41 Å². The van der Waals surface area contributed by atoms with Crippen LogP contribution in [0.2, 0.25) is 0 Å². The van der Waals surface area contributed by atoms with Gasteiger partial charge in [0.1, 0.15) is 6.61 Å². The fourth-order valence-electron chi connectivity index (χ4n) is 0.207. The van der Waals surface area contributed by atoms with Crippen molar-refractivity contribution in [2.24, 2.45) is 5.73 Å². The molecule has 0 fully saturated rings. The van der Waals surface area contributed by atoms with Gasteiger partial charge in [0, 0.05) is 6.42 Å². The highest BCUT2D eigenvalue weighted by Gasteiger charge is 1.92. The Morgan fingerprint density at radius 2 is 2.00 bits per heavy atom. The van der Waals surface area contributed by atoms with Crippen LogP contribution in [0.25, 0.3) is 0 Å². The average Bonchev–Trinajstić information content (AvgIpc) is 2.06. The van der Waals surface area contributed by atoms with Gasteiger partial charge in [-0.25, -0.2) is 4.79 Å². The molecule has 0 unspecified atom stereocenters. The minimum atomic E-state index is -0.567. The van der Waals surface area contributed by atoms with Crippen molar-refractivity contribution in [3.05, 3.63) is 0 Å². The van der Waals surface area contributed by atoms with Crippen LogP contribution in [-0.2, 0) is 9.53 Å². The first-order chi connectivity index (χ1) is 5.58. The van der Waals surface area contributed by atoms with E-state index in [2.05, 4.69) is 4.74 Å². The Kier molecular flexibility index (Phi) is 11.1. The summed E-state index contributed by atoms with van der Waals surface area (Å²) in [6.07, 6.45) is 0.667. The van der Waals surface area contributed by atoms with Crippen LogP contribution in [0.15, 0.2) is 0 Å². The molecule has 0 aromatic carbocycles. The number of aliphatic hydroxyl groups is 1. The smallest absolute Gasteiger partial charge is 0.331 e. The highest BCUT2D eigenvalue weighted by atomic mass is 16.5. The third-order valence-electron chi connectivity index (χ3n) is 0.815. The summed E-state index contributed by atoms with van der Waals surface area (Å²) in [4.78, 5) is 9.94. The summed E-state index contributed by atoms with van der Waals surface area (Å²) in [5.74, 6) is -0.312. The second kappa shape index (κ2) is 9.90. The molecular formula is C7H16N2O3. The number of aliphatic hydroxyl groups excluding tert-OH is 1. The van der Waals surface area contributed by atoms with Gasteiger partial charge in [-0.05, 0) is 6.92 Å². The Labute approximate surface area is 72.0 Å². The molecule has 0 radical (unpaired) electrons. The Morgan fingerprint density at radius 3 is 2.08 bits per heavy atom. The van der Waals surface area contributed by atoms with Crippen molar-refractivity contribution >= 4 is 11.8 Å². The molecule has 0 rings (SSSR count). The first-order valence-electron chi connectivity index (χ1n) is 3.67. The maximum atomic E-state index is 9.94. The molecule has 0 atom stereocenters. The van der Waals surface area contributed by atoms with Gasteiger partial charge >= 0.3 is 5.97 Å². The summed E-state index contributed by atoms with van der Waals surface area (Å²) >= 11 is 0. The summed E-state index contributed by atoms with van der Waals surface area (Å²) in [6.45, 7) is 3.35. The lowest BCUT2D eigenvalue weighted by Crippen LogP contribution is -2.07. The van der Waals surface area contributed by atoms with Gasteiger partial charge in [0.2, 0.25) is 0 Å². The second-order valence-electron chi connectivity index (χ2n) is 1.84. The van der Waals surface area contributed by atoms with Crippen LogP contribution in [0.5, 0.6) is 0 Å². The van der Waals surface area contributed by atoms with Crippen molar-refractivity contribution in [2.75, 3.05) is 13.2 Å². The summed E-state index contributed by atoms with van der Waals surface area (Å²) in [6, 6.07) is 0. The predicted octanol–water partition coefficient (Wildman–Crippen LogP) is -0.126. The van der Waals surface area contributed by atoms with E-state index in [1.54, 1.807) is 6.92 Å². The lowest BCUT2D eigenvalue weighted by Gasteiger charge is -1.93. The summed E-state index contributed by atoms with van der Waals surface area (Å²) in [7, 11) is 0. The van der Waals surface area contributed by atoms with E-state index < -0.39 is 12.6 Å². The van der Waals surface area contributed by atoms with Gasteiger partial charge < -0.3 is 15.6 Å². The van der Waals surface area contributed by atoms with E-state index in [1.807, 2.05) is 6.92 Å². The van der Waals surface area contributed by atoms with E-state index in [9.17, 15) is 4.79 Å². The molecule has 0 bridgehead atoms. The van der Waals surface area contributed by atoms with Crippen molar-refractivity contribution < 1.29 is 14.6 Å². The Hall–Kier alpha value is -1.10. The quantitative estimate of drug-likeness (QED) is 0.317. The monoisotopic (exact) mass is 176 g/mol. The summed E-state index contributed by atoms with van der Waals surface area (Å²) < 4.78 is 4.30. The largest absolute Gasteiger partial charge is 0.464 e. The van der Waals surface area contributed by atoms with Crippen molar-refractivity contribution in [2.45, 2.75) is 20.3 Å². The molecule has 0 aliphatic carbocycles. The van der Waals surface area contributed by atoms with Crippen LogP contribution >= 0.6 is 0 Å². The minimum absolute atomic E-state index is 0.255. The van der Waals surface area contributed by atoms with Crippen molar-refractivity contribution in [3.8, 4) is 0 Å². The van der Waals surface area contributed by atoms with E-state index in [1.165, 1.54) is 0 Å². The fourth-order valence-corrected chi connectivity index (χ4v) is 0.207. The van der Waals surface area contributed by atoms with E-state index >= 15 is 0 Å². The second-order valence-corrected chi connectivity index (χ2v) is 1.84. The van der Waals surface area contributed by atoms with Gasteiger partial charge in [0.05, 0.1) is 12.4 Å². The predicted molar refractivity (Wildman–Crippen MR) is 45.9 cm³/mol. The molecule has 0 aromatic heterocycles. The van der Waals surface area contributed by atoms with E-state index in [-0.39, 0.29) is 5.84 Å². The number of nitrogens with two attached hydrogens (primary N) is 1. The number of hydrogen-bond acceptors (Lipinski definition) is 4. The molecule has 4 N–H and O–H groups in total. The lowest BCUT2D eigenvalue weighted by atomic mass is 10.5. The molecule has 12 heavy (non-hydrogen) atoms. The number of hydrogen-bond donors (Lipinski definition) is 3. The molecule has 0 aliphatic heterocycles. The normalized spacial score (nSPS) is 7.92. The minimum Gasteiger partial charge on any atom is -0.464 e. The third kappa shape index (κ3) is 16.0. The van der Waals surface area contributed by atoms with E-state index in [4.69, 9.17) is 16.2 Å². The Morgan fingerprint density at radius 1 is 1.58 bits per heavy atom. The SMILES string of the molecule is CCC(=N)N.CCOC(=O)CO. The van der Waals surface area contributed by atoms with Gasteiger partial charge in [-0.15, -0.1) is 0 Å². The third-order valence-corrected chi connectivity index (χ3v) is 0.815. The molecule has 0 saturated carbocycles. The molecule has 5 nitrogen and oxygen atoms in total. The molecule has 0 heterocycles. The molecule has 72 valence electrons. The number of carbonyl (C=O) groups is 1. The molecule has 0 amide bonds. The van der Waals surface area contributed by atoms with Gasteiger partial charge in [0.15, 0.2) is 0 Å². The number of carbonyl (C=O) groups excluding carboxylic acids is 1. The highest BCUT2D eigenvalue weighted by Crippen LogP contribution is 1.71. The number of ether oxygens (including phenoxy) is 1. The van der Waals surface area contributed by atoms with Gasteiger partial charge in [-0.1, -0.05) is 6.92 Å². The topological polar surface area (TPSA) is 96.4 Å². The van der Waals surface area contributed by atoms with Gasteiger partial charge in [0.25, 0.3) is 0 Å². The zero-order chi connectivity index (χ0) is 9.98. The number of nitrogens with one attached hydrogen (secondary N) is 1. The maximum absolute atomic E-state index is 9.94. The zero-order valence-electron chi connectivity index (χ0n) is 7.46. The standard InChI is InChI=1S/C4H8O3.C3H8N2/c1-2-7-4(6)3-5;1-2-3(4)5/h5H,2-3H2,1H3;2H2,1H3,(H3,4,5). The first-order valence-corrected chi connectivity index (χ1v) is 3.67. The van der Waals surface area contributed by atoms with Crippen LogP contribution < -0.4 is 5.73 Å². The van der Waals surface area contributed by atoms with Crippen molar-refractivity contribution in [1.82, 2.24) is 0 Å². The number of rotatable bonds is 3. The Balaban J connectivity index is 0. The molecule has 5 heteroatoms. The summed E-state index contributed by atoms with van der Waals surface area (Å²) in [5.41, 5.74) is 4.88. The zero-order valence-corrected chi connectivity index (χ0v) is 7.46. The first kappa shape index (κ1) is 13.5. The lowest BCUT2D eigenvalue weighted by molar-refractivity contribution is -0.146. The molecule has 0 aromatic rings. The molecular weight excluding hydrogens is 160 g/mol. The van der Waals surface area contributed by atoms with Crippen LogP contribution in [0.4, 0.5) is 0 Å². The maximum Gasteiger partial charge on any atom is 0.331 e. The highest BCUT2D eigenvalue weighted by molar-refractivity contribution is 5.76. The fraction of sp³-hybridized carbons (Fsp3) is 0.714. The van der Waals surface area contributed by atoms with E-state index in [0.717, 1.165) is 0 Å². The van der Waals surface area contributed by atoms with Crippen molar-refractivity contribution in [3.63, 3.8) is 0 Å². The Bertz CT molecular complexity index is 137. The van der Waals surface area contributed by atoms with Crippen LogP contribution in [0.3, 0.4) is 0 Å². The van der Waals surface area contributed by atoms with Crippen LogP contribution in [-0.4, -0.2) is 30.1 Å². The average molecular weight is 176 g/mol. The molecule has 0 spiro atoms. The van der Waals surface area contributed by atoms with E-state index in [0.29, 0.717) is 13.0 Å². The number of amidine groups is 1. The van der Waals surface area contributed by atoms with Gasteiger partial charge in [-0.2, -0.15) is 0 Å². The van der Waals surface area contributed by atoms with Gasteiger partial charge in [-0.3, -0.25) is 5.41 Å². The van der Waals surface area contributed by atoms with Crippen LogP contribution in [0.1, 0.15) is 20.3 Å². The number of esters is 1. The van der Waals surface area contributed by atoms with Crippen LogP contribution in [0, 0.1) is 5.41 Å². The summed E-state index contributed by atoms with van der Waals surface area (Å²) in [5, 5.41) is 14.5. The molecule has 0 saturated heterocycles.